The maximum absolute atomic E-state index is 11.3. The number of carbonyl (C=O) groups is 2. The van der Waals surface area contributed by atoms with E-state index in [-0.39, 0.29) is 19.1 Å². The first-order valence-corrected chi connectivity index (χ1v) is 5.17. The number of carboxylic acid groups (broad SMARTS) is 1. The Morgan fingerprint density at radius 2 is 2.35 bits per heavy atom. The number of hydrogen-bond acceptors (Lipinski definition) is 3. The molecule has 17 heavy (non-hydrogen) atoms. The van der Waals surface area contributed by atoms with Crippen LogP contribution < -0.4 is 15.4 Å². The van der Waals surface area contributed by atoms with Crippen molar-refractivity contribution in [2.24, 2.45) is 0 Å². The lowest BCUT2D eigenvalue weighted by Gasteiger charge is -2.07. The molecule has 1 aromatic carbocycles. The second-order valence-corrected chi connectivity index (χ2v) is 3.58. The van der Waals surface area contributed by atoms with Crippen LogP contribution in [0.5, 0.6) is 5.75 Å². The van der Waals surface area contributed by atoms with Crippen LogP contribution in [0.2, 0.25) is 0 Å². The molecule has 0 aromatic heterocycles. The van der Waals surface area contributed by atoms with E-state index in [1.54, 1.807) is 18.2 Å². The Morgan fingerprint density at radius 3 is 3.12 bits per heavy atom. The van der Waals surface area contributed by atoms with Crippen molar-refractivity contribution < 1.29 is 19.4 Å². The predicted octanol–water partition coefficient (Wildman–Crippen LogP) is 0.576. The third-order valence-corrected chi connectivity index (χ3v) is 2.41. The first-order chi connectivity index (χ1) is 8.16. The fraction of sp³-hybridized carbons (Fsp3) is 0.273. The Labute approximate surface area is 97.6 Å². The van der Waals surface area contributed by atoms with Gasteiger partial charge < -0.3 is 20.5 Å². The molecule has 1 aliphatic rings. The van der Waals surface area contributed by atoms with Crippen molar-refractivity contribution in [3.63, 3.8) is 0 Å². The van der Waals surface area contributed by atoms with Crippen LogP contribution in [0.25, 0.3) is 0 Å². The zero-order valence-electron chi connectivity index (χ0n) is 9.03. The van der Waals surface area contributed by atoms with Crippen molar-refractivity contribution in [3.05, 3.63) is 29.3 Å². The average molecular weight is 236 g/mol. The highest BCUT2D eigenvalue weighted by molar-refractivity contribution is 5.98. The number of fused-ring (bicyclic) bond motifs is 1. The van der Waals surface area contributed by atoms with Gasteiger partial charge in [0, 0.05) is 12.1 Å². The Kier molecular flexibility index (Phi) is 3.13. The lowest BCUT2D eigenvalue weighted by molar-refractivity contribution is 0.0965. The highest BCUT2D eigenvalue weighted by atomic mass is 16.5. The number of ether oxygens (including phenoxy) is 1. The largest absolute Gasteiger partial charge is 0.492 e. The standard InChI is InChI=1S/C11H12N2O4/c14-10-9-2-1-8(5-7(9)6-13-10)17-4-3-12-11(15)16/h1-2,5,12H,3-4,6H2,(H,13,14)(H,15,16). The summed E-state index contributed by atoms with van der Waals surface area (Å²) >= 11 is 0. The van der Waals surface area contributed by atoms with Crippen molar-refractivity contribution in [2.45, 2.75) is 6.54 Å². The van der Waals surface area contributed by atoms with Gasteiger partial charge in [0.15, 0.2) is 0 Å². The monoisotopic (exact) mass is 236 g/mol. The average Bonchev–Trinajstić information content (AvgIpc) is 2.66. The predicted molar refractivity (Wildman–Crippen MR) is 59.1 cm³/mol. The third kappa shape index (κ3) is 2.66. The van der Waals surface area contributed by atoms with Gasteiger partial charge in [-0.05, 0) is 23.8 Å². The van der Waals surface area contributed by atoms with Gasteiger partial charge in [-0.15, -0.1) is 0 Å². The van der Waals surface area contributed by atoms with Crippen LogP contribution in [-0.2, 0) is 6.54 Å². The van der Waals surface area contributed by atoms with Crippen molar-refractivity contribution in [1.82, 2.24) is 10.6 Å². The first-order valence-electron chi connectivity index (χ1n) is 5.17. The summed E-state index contributed by atoms with van der Waals surface area (Å²) in [7, 11) is 0. The van der Waals surface area contributed by atoms with Gasteiger partial charge in [-0.3, -0.25) is 4.79 Å². The number of rotatable bonds is 4. The molecule has 0 spiro atoms. The number of carbonyl (C=O) groups excluding carboxylic acids is 1. The summed E-state index contributed by atoms with van der Waals surface area (Å²) in [5.74, 6) is 0.562. The molecule has 0 radical (unpaired) electrons. The van der Waals surface area contributed by atoms with Gasteiger partial charge in [0.1, 0.15) is 12.4 Å². The number of amides is 2. The normalized spacial score (nSPS) is 12.8. The lowest BCUT2D eigenvalue weighted by atomic mass is 10.1. The highest BCUT2D eigenvalue weighted by Crippen LogP contribution is 2.21. The molecule has 0 aliphatic carbocycles. The molecule has 0 saturated carbocycles. The summed E-state index contributed by atoms with van der Waals surface area (Å²) in [5.41, 5.74) is 1.57. The van der Waals surface area contributed by atoms with E-state index < -0.39 is 6.09 Å². The second-order valence-electron chi connectivity index (χ2n) is 3.58. The molecular weight excluding hydrogens is 224 g/mol. The van der Waals surface area contributed by atoms with Gasteiger partial charge in [0.2, 0.25) is 0 Å². The minimum absolute atomic E-state index is 0.0703. The van der Waals surface area contributed by atoms with E-state index in [2.05, 4.69) is 10.6 Å². The topological polar surface area (TPSA) is 87.7 Å². The van der Waals surface area contributed by atoms with Crippen LogP contribution in [0.1, 0.15) is 15.9 Å². The smallest absolute Gasteiger partial charge is 0.404 e. The second kappa shape index (κ2) is 4.73. The molecule has 1 aromatic rings. The van der Waals surface area contributed by atoms with Gasteiger partial charge in [0.05, 0.1) is 6.54 Å². The van der Waals surface area contributed by atoms with E-state index in [1.807, 2.05) is 0 Å². The van der Waals surface area contributed by atoms with E-state index in [0.717, 1.165) is 5.56 Å². The van der Waals surface area contributed by atoms with Crippen LogP contribution in [0.4, 0.5) is 4.79 Å². The zero-order valence-corrected chi connectivity index (χ0v) is 9.03. The minimum Gasteiger partial charge on any atom is -0.492 e. The lowest BCUT2D eigenvalue weighted by Crippen LogP contribution is -2.26. The molecule has 0 bridgehead atoms. The minimum atomic E-state index is -1.07. The molecule has 1 heterocycles. The van der Waals surface area contributed by atoms with Crippen LogP contribution in [0, 0.1) is 0 Å². The number of hydrogen-bond donors (Lipinski definition) is 3. The van der Waals surface area contributed by atoms with Crippen molar-refractivity contribution in [3.8, 4) is 5.75 Å². The fourth-order valence-corrected chi connectivity index (χ4v) is 1.63. The first kappa shape index (κ1) is 11.3. The number of nitrogens with one attached hydrogen (secondary N) is 2. The molecule has 6 heteroatoms. The Bertz CT molecular complexity index is 459. The molecule has 0 fully saturated rings. The Balaban J connectivity index is 1.90. The maximum atomic E-state index is 11.3. The summed E-state index contributed by atoms with van der Waals surface area (Å²) < 4.78 is 5.35. The van der Waals surface area contributed by atoms with Gasteiger partial charge in [0.25, 0.3) is 5.91 Å². The molecule has 0 unspecified atom stereocenters. The maximum Gasteiger partial charge on any atom is 0.404 e. The zero-order chi connectivity index (χ0) is 12.3. The summed E-state index contributed by atoms with van der Waals surface area (Å²) in [6.45, 7) is 0.995. The third-order valence-electron chi connectivity index (χ3n) is 2.41. The van der Waals surface area contributed by atoms with Crippen molar-refractivity contribution in [2.75, 3.05) is 13.2 Å². The fourth-order valence-electron chi connectivity index (χ4n) is 1.63. The molecule has 3 N–H and O–H groups in total. The van der Waals surface area contributed by atoms with E-state index in [4.69, 9.17) is 9.84 Å². The molecule has 1 aliphatic heterocycles. The van der Waals surface area contributed by atoms with Gasteiger partial charge in [-0.25, -0.2) is 4.79 Å². The molecule has 2 rings (SSSR count). The van der Waals surface area contributed by atoms with Gasteiger partial charge in [-0.2, -0.15) is 0 Å². The van der Waals surface area contributed by atoms with E-state index in [0.29, 0.717) is 17.9 Å². The van der Waals surface area contributed by atoms with Crippen molar-refractivity contribution in [1.29, 1.82) is 0 Å². The molecule has 0 atom stereocenters. The van der Waals surface area contributed by atoms with Gasteiger partial charge >= 0.3 is 6.09 Å². The summed E-state index contributed by atoms with van der Waals surface area (Å²) in [6, 6.07) is 5.19. The summed E-state index contributed by atoms with van der Waals surface area (Å²) in [5, 5.41) is 13.3. The number of benzene rings is 1. The molecule has 0 saturated heterocycles. The molecule has 2 amide bonds. The van der Waals surface area contributed by atoms with E-state index in [1.165, 1.54) is 0 Å². The van der Waals surface area contributed by atoms with Crippen molar-refractivity contribution >= 4 is 12.0 Å². The van der Waals surface area contributed by atoms with Crippen LogP contribution in [-0.4, -0.2) is 30.3 Å². The van der Waals surface area contributed by atoms with E-state index in [9.17, 15) is 9.59 Å². The SMILES string of the molecule is O=C(O)NCCOc1ccc2c(c1)CNC2=O. The Hall–Kier alpha value is -2.24. The van der Waals surface area contributed by atoms with Gasteiger partial charge in [-0.1, -0.05) is 0 Å². The summed E-state index contributed by atoms with van der Waals surface area (Å²) in [4.78, 5) is 21.5. The van der Waals surface area contributed by atoms with Crippen LogP contribution in [0.3, 0.4) is 0 Å². The molecular formula is C11H12N2O4. The van der Waals surface area contributed by atoms with Crippen LogP contribution in [0.15, 0.2) is 18.2 Å². The van der Waals surface area contributed by atoms with E-state index >= 15 is 0 Å². The quantitative estimate of drug-likeness (QED) is 0.667. The summed E-state index contributed by atoms with van der Waals surface area (Å²) in [6.07, 6.45) is -1.07. The highest BCUT2D eigenvalue weighted by Gasteiger charge is 2.18. The Morgan fingerprint density at radius 1 is 1.53 bits per heavy atom. The molecule has 90 valence electrons. The van der Waals surface area contributed by atoms with Crippen LogP contribution >= 0.6 is 0 Å². The molecule has 6 nitrogen and oxygen atoms in total.